The SMILES string of the molecule is CCC1C(=O)Nc2cc(N)ccc21. The van der Waals surface area contributed by atoms with Crippen molar-refractivity contribution in [2.45, 2.75) is 19.3 Å². The standard InChI is InChI=1S/C10H12N2O/c1-2-7-8-4-3-6(11)5-9(8)12-10(7)13/h3-5,7H,2,11H2,1H3,(H,12,13). The average Bonchev–Trinajstić information content (AvgIpc) is 2.39. The van der Waals surface area contributed by atoms with Crippen molar-refractivity contribution in [2.75, 3.05) is 11.1 Å². The molecule has 1 unspecified atom stereocenters. The maximum absolute atomic E-state index is 11.4. The molecule has 1 aromatic rings. The fourth-order valence-corrected chi connectivity index (χ4v) is 1.75. The van der Waals surface area contributed by atoms with Crippen LogP contribution in [0.15, 0.2) is 18.2 Å². The monoisotopic (exact) mass is 176 g/mol. The molecule has 3 heteroatoms. The Hall–Kier alpha value is -1.51. The van der Waals surface area contributed by atoms with Gasteiger partial charge in [-0.15, -0.1) is 0 Å². The molecule has 68 valence electrons. The highest BCUT2D eigenvalue weighted by Gasteiger charge is 2.28. The molecule has 0 aromatic heterocycles. The van der Waals surface area contributed by atoms with Gasteiger partial charge in [0.05, 0.1) is 5.92 Å². The Bertz CT molecular complexity index is 360. The second-order valence-corrected chi connectivity index (χ2v) is 3.30. The number of hydrogen-bond donors (Lipinski definition) is 2. The minimum Gasteiger partial charge on any atom is -0.399 e. The molecule has 1 atom stereocenters. The maximum atomic E-state index is 11.4. The summed E-state index contributed by atoms with van der Waals surface area (Å²) in [7, 11) is 0. The van der Waals surface area contributed by atoms with Gasteiger partial charge in [-0.05, 0) is 24.1 Å². The first kappa shape index (κ1) is 8.10. The zero-order valence-electron chi connectivity index (χ0n) is 7.50. The Kier molecular flexibility index (Phi) is 1.72. The largest absolute Gasteiger partial charge is 0.399 e. The molecular weight excluding hydrogens is 164 g/mol. The van der Waals surface area contributed by atoms with E-state index in [1.165, 1.54) is 0 Å². The lowest BCUT2D eigenvalue weighted by atomic mass is 9.98. The van der Waals surface area contributed by atoms with E-state index in [2.05, 4.69) is 5.32 Å². The number of amides is 1. The topological polar surface area (TPSA) is 55.1 Å². The number of carbonyl (C=O) groups excluding carboxylic acids is 1. The van der Waals surface area contributed by atoms with Crippen LogP contribution in [0.1, 0.15) is 24.8 Å². The zero-order chi connectivity index (χ0) is 9.42. The predicted octanol–water partition coefficient (Wildman–Crippen LogP) is 1.71. The molecule has 0 aliphatic carbocycles. The molecule has 1 heterocycles. The third kappa shape index (κ3) is 1.16. The fraction of sp³-hybridized carbons (Fsp3) is 0.300. The van der Waals surface area contributed by atoms with E-state index < -0.39 is 0 Å². The first-order valence-electron chi connectivity index (χ1n) is 4.42. The summed E-state index contributed by atoms with van der Waals surface area (Å²) < 4.78 is 0. The van der Waals surface area contributed by atoms with Crippen LogP contribution >= 0.6 is 0 Å². The van der Waals surface area contributed by atoms with Gasteiger partial charge in [-0.2, -0.15) is 0 Å². The molecule has 0 saturated heterocycles. The molecule has 0 radical (unpaired) electrons. The fourth-order valence-electron chi connectivity index (χ4n) is 1.75. The van der Waals surface area contributed by atoms with Crippen molar-refractivity contribution < 1.29 is 4.79 Å². The second-order valence-electron chi connectivity index (χ2n) is 3.30. The quantitative estimate of drug-likeness (QED) is 0.640. The van der Waals surface area contributed by atoms with Gasteiger partial charge in [0.2, 0.25) is 5.91 Å². The molecular formula is C10H12N2O. The predicted molar refractivity (Wildman–Crippen MR) is 52.5 cm³/mol. The van der Waals surface area contributed by atoms with Crippen LogP contribution in [0.25, 0.3) is 0 Å². The molecule has 1 aromatic carbocycles. The lowest BCUT2D eigenvalue weighted by molar-refractivity contribution is -0.117. The molecule has 0 bridgehead atoms. The van der Waals surface area contributed by atoms with E-state index in [1.54, 1.807) is 0 Å². The van der Waals surface area contributed by atoms with Crippen LogP contribution in [0.5, 0.6) is 0 Å². The smallest absolute Gasteiger partial charge is 0.231 e. The van der Waals surface area contributed by atoms with Crippen LogP contribution < -0.4 is 11.1 Å². The number of rotatable bonds is 1. The number of hydrogen-bond acceptors (Lipinski definition) is 2. The van der Waals surface area contributed by atoms with Gasteiger partial charge in [-0.1, -0.05) is 13.0 Å². The molecule has 1 aliphatic rings. The maximum Gasteiger partial charge on any atom is 0.231 e. The third-order valence-electron chi connectivity index (χ3n) is 2.44. The first-order chi connectivity index (χ1) is 6.22. The van der Waals surface area contributed by atoms with Gasteiger partial charge in [0.15, 0.2) is 0 Å². The number of nitrogens with two attached hydrogens (primary N) is 1. The first-order valence-corrected chi connectivity index (χ1v) is 4.42. The molecule has 3 nitrogen and oxygen atoms in total. The summed E-state index contributed by atoms with van der Waals surface area (Å²) in [6, 6.07) is 5.57. The molecule has 1 amide bonds. The van der Waals surface area contributed by atoms with Crippen LogP contribution in [0.3, 0.4) is 0 Å². The van der Waals surface area contributed by atoms with Crippen LogP contribution in [0.4, 0.5) is 11.4 Å². The third-order valence-corrected chi connectivity index (χ3v) is 2.44. The van der Waals surface area contributed by atoms with Crippen molar-refractivity contribution in [3.63, 3.8) is 0 Å². The lowest BCUT2D eigenvalue weighted by Crippen LogP contribution is -2.10. The average molecular weight is 176 g/mol. The van der Waals surface area contributed by atoms with Crippen LogP contribution in [0, 0.1) is 0 Å². The molecule has 3 N–H and O–H groups in total. The number of fused-ring (bicyclic) bond motifs is 1. The van der Waals surface area contributed by atoms with E-state index in [1.807, 2.05) is 25.1 Å². The summed E-state index contributed by atoms with van der Waals surface area (Å²) in [6.45, 7) is 2.01. The number of nitrogen functional groups attached to an aromatic ring is 1. The Morgan fingerprint density at radius 3 is 3.00 bits per heavy atom. The molecule has 2 rings (SSSR count). The van der Waals surface area contributed by atoms with Crippen LogP contribution in [-0.2, 0) is 4.79 Å². The Labute approximate surface area is 76.9 Å². The molecule has 0 spiro atoms. The van der Waals surface area contributed by atoms with Crippen LogP contribution in [0.2, 0.25) is 0 Å². The number of nitrogens with one attached hydrogen (secondary N) is 1. The van der Waals surface area contributed by atoms with Gasteiger partial charge in [0.25, 0.3) is 0 Å². The van der Waals surface area contributed by atoms with E-state index in [4.69, 9.17) is 5.73 Å². The minimum absolute atomic E-state index is 0.00981. The molecule has 13 heavy (non-hydrogen) atoms. The summed E-state index contributed by atoms with van der Waals surface area (Å²) >= 11 is 0. The zero-order valence-corrected chi connectivity index (χ0v) is 7.50. The van der Waals surface area contributed by atoms with Crippen molar-refractivity contribution in [2.24, 2.45) is 0 Å². The van der Waals surface area contributed by atoms with Crippen molar-refractivity contribution >= 4 is 17.3 Å². The van der Waals surface area contributed by atoms with Gasteiger partial charge >= 0.3 is 0 Å². The van der Waals surface area contributed by atoms with E-state index >= 15 is 0 Å². The summed E-state index contributed by atoms with van der Waals surface area (Å²) in [5, 5.41) is 2.82. The Morgan fingerprint density at radius 2 is 2.31 bits per heavy atom. The minimum atomic E-state index is 0.00981. The number of anilines is 2. The number of carbonyl (C=O) groups is 1. The van der Waals surface area contributed by atoms with Crippen molar-refractivity contribution in [3.05, 3.63) is 23.8 Å². The van der Waals surface area contributed by atoms with Crippen molar-refractivity contribution in [1.82, 2.24) is 0 Å². The highest BCUT2D eigenvalue weighted by atomic mass is 16.2. The van der Waals surface area contributed by atoms with E-state index in [0.717, 1.165) is 17.7 Å². The number of benzene rings is 1. The van der Waals surface area contributed by atoms with Gasteiger partial charge in [-0.25, -0.2) is 0 Å². The summed E-state index contributed by atoms with van der Waals surface area (Å²) in [6.07, 6.45) is 0.836. The van der Waals surface area contributed by atoms with Crippen molar-refractivity contribution in [1.29, 1.82) is 0 Å². The van der Waals surface area contributed by atoms with E-state index in [-0.39, 0.29) is 11.8 Å². The van der Waals surface area contributed by atoms with Crippen LogP contribution in [-0.4, -0.2) is 5.91 Å². The van der Waals surface area contributed by atoms with Gasteiger partial charge in [-0.3, -0.25) is 4.79 Å². The normalized spacial score (nSPS) is 19.8. The summed E-state index contributed by atoms with van der Waals surface area (Å²) in [5.74, 6) is 0.0960. The molecule has 0 fully saturated rings. The summed E-state index contributed by atoms with van der Waals surface area (Å²) in [5.41, 5.74) is 8.25. The van der Waals surface area contributed by atoms with Gasteiger partial charge in [0, 0.05) is 11.4 Å². The molecule has 0 saturated carbocycles. The highest BCUT2D eigenvalue weighted by molar-refractivity contribution is 6.03. The Balaban J connectivity index is 2.48. The second kappa shape index (κ2) is 2.76. The van der Waals surface area contributed by atoms with E-state index in [0.29, 0.717) is 5.69 Å². The Morgan fingerprint density at radius 1 is 1.54 bits per heavy atom. The van der Waals surface area contributed by atoms with E-state index in [9.17, 15) is 4.79 Å². The summed E-state index contributed by atoms with van der Waals surface area (Å²) in [4.78, 5) is 11.4. The lowest BCUT2D eigenvalue weighted by Gasteiger charge is -2.03. The van der Waals surface area contributed by atoms with Gasteiger partial charge in [0.1, 0.15) is 0 Å². The van der Waals surface area contributed by atoms with Crippen molar-refractivity contribution in [3.8, 4) is 0 Å². The van der Waals surface area contributed by atoms with Gasteiger partial charge < -0.3 is 11.1 Å². The highest BCUT2D eigenvalue weighted by Crippen LogP contribution is 2.35. The molecule has 1 aliphatic heterocycles.